The van der Waals surface area contributed by atoms with Gasteiger partial charge in [0.1, 0.15) is 6.04 Å². The van der Waals surface area contributed by atoms with Crippen molar-refractivity contribution in [1.82, 2.24) is 4.72 Å². The zero-order valence-electron chi connectivity index (χ0n) is 16.3. The maximum absolute atomic E-state index is 12.8. The molecule has 0 aromatic heterocycles. The largest absolute Gasteiger partial charge is 0.448 e. The van der Waals surface area contributed by atoms with E-state index in [1.165, 1.54) is 12.1 Å². The Kier molecular flexibility index (Phi) is 7.38. The molecule has 2 atom stereocenters. The average molecular weight is 400 g/mol. The van der Waals surface area contributed by atoms with Crippen molar-refractivity contribution in [2.24, 2.45) is 5.92 Å². The number of rotatable bonds is 8. The summed E-state index contributed by atoms with van der Waals surface area (Å²) in [6.07, 6.45) is 4.87. The highest BCUT2D eigenvalue weighted by Crippen LogP contribution is 2.14. The number of aryl methyl sites for hydroxylation is 1. The van der Waals surface area contributed by atoms with Gasteiger partial charge in [-0.15, -0.1) is 6.42 Å². The van der Waals surface area contributed by atoms with Crippen LogP contribution in [0.3, 0.4) is 0 Å². The molecule has 0 heterocycles. The second-order valence-corrected chi connectivity index (χ2v) is 8.66. The Morgan fingerprint density at radius 1 is 1.11 bits per heavy atom. The Morgan fingerprint density at radius 3 is 2.25 bits per heavy atom. The number of sulfonamides is 1. The molecular weight excluding hydrogens is 374 g/mol. The third kappa shape index (κ3) is 5.95. The highest BCUT2D eigenvalue weighted by molar-refractivity contribution is 7.89. The Labute approximate surface area is 167 Å². The SMILES string of the molecule is C#C[C@H](OC(=O)[C@H](Cc1ccccc1)NS(=O)(=O)c1ccc(C)cc1)C(C)C. The molecule has 0 unspecified atom stereocenters. The van der Waals surface area contributed by atoms with Gasteiger partial charge in [-0.25, -0.2) is 8.42 Å². The van der Waals surface area contributed by atoms with Gasteiger partial charge in [-0.05, 0) is 31.0 Å². The second-order valence-electron chi connectivity index (χ2n) is 6.94. The number of benzene rings is 2. The van der Waals surface area contributed by atoms with E-state index < -0.39 is 28.1 Å². The summed E-state index contributed by atoms with van der Waals surface area (Å²) < 4.78 is 33.4. The van der Waals surface area contributed by atoms with Crippen LogP contribution in [0, 0.1) is 25.2 Å². The van der Waals surface area contributed by atoms with Crippen LogP contribution in [0.15, 0.2) is 59.5 Å². The van der Waals surface area contributed by atoms with Gasteiger partial charge in [0.2, 0.25) is 10.0 Å². The molecule has 0 fully saturated rings. The molecule has 0 amide bonds. The molecular formula is C22H25NO4S. The number of hydrogen-bond donors (Lipinski definition) is 1. The van der Waals surface area contributed by atoms with Crippen molar-refractivity contribution in [2.45, 2.75) is 44.2 Å². The first-order valence-electron chi connectivity index (χ1n) is 9.02. The van der Waals surface area contributed by atoms with Crippen molar-refractivity contribution in [1.29, 1.82) is 0 Å². The molecule has 5 nitrogen and oxygen atoms in total. The van der Waals surface area contributed by atoms with Gasteiger partial charge in [-0.2, -0.15) is 4.72 Å². The number of carbonyl (C=O) groups excluding carboxylic acids is 1. The number of esters is 1. The van der Waals surface area contributed by atoms with Gasteiger partial charge in [-0.3, -0.25) is 4.79 Å². The molecule has 0 spiro atoms. The molecule has 0 bridgehead atoms. The van der Waals surface area contributed by atoms with Gasteiger partial charge in [0, 0.05) is 5.92 Å². The highest BCUT2D eigenvalue weighted by Gasteiger charge is 2.29. The van der Waals surface area contributed by atoms with E-state index in [0.717, 1.165) is 11.1 Å². The molecule has 1 N–H and O–H groups in total. The summed E-state index contributed by atoms with van der Waals surface area (Å²) in [6.45, 7) is 5.53. The van der Waals surface area contributed by atoms with Gasteiger partial charge in [0.25, 0.3) is 0 Å². The van der Waals surface area contributed by atoms with E-state index in [4.69, 9.17) is 11.2 Å². The van der Waals surface area contributed by atoms with Crippen LogP contribution >= 0.6 is 0 Å². The zero-order chi connectivity index (χ0) is 20.7. The molecule has 0 saturated carbocycles. The number of carbonyl (C=O) groups is 1. The fourth-order valence-electron chi connectivity index (χ4n) is 2.57. The Hall–Kier alpha value is -2.62. The van der Waals surface area contributed by atoms with Crippen LogP contribution in [0.2, 0.25) is 0 Å². The number of terminal acetylenes is 1. The maximum atomic E-state index is 12.8. The van der Waals surface area contributed by atoms with E-state index in [9.17, 15) is 13.2 Å². The average Bonchev–Trinajstić information content (AvgIpc) is 2.66. The van der Waals surface area contributed by atoms with E-state index in [0.29, 0.717) is 0 Å². The predicted octanol–water partition coefficient (Wildman–Crippen LogP) is 3.09. The van der Waals surface area contributed by atoms with Crippen LogP contribution in [-0.2, 0) is 26.0 Å². The Balaban J connectivity index is 2.28. The lowest BCUT2D eigenvalue weighted by molar-refractivity contribution is -0.150. The summed E-state index contributed by atoms with van der Waals surface area (Å²) in [5.74, 6) is 1.65. The summed E-state index contributed by atoms with van der Waals surface area (Å²) in [5, 5.41) is 0. The van der Waals surface area contributed by atoms with Gasteiger partial charge in [-0.1, -0.05) is 67.8 Å². The number of nitrogens with one attached hydrogen (secondary N) is 1. The Bertz CT molecular complexity index is 929. The number of ether oxygens (including phenoxy) is 1. The highest BCUT2D eigenvalue weighted by atomic mass is 32.2. The molecule has 0 radical (unpaired) electrons. The van der Waals surface area contributed by atoms with Gasteiger partial charge in [0.05, 0.1) is 4.90 Å². The van der Waals surface area contributed by atoms with Crippen molar-refractivity contribution in [3.8, 4) is 12.3 Å². The molecule has 0 aliphatic heterocycles. The molecule has 2 aromatic rings. The molecule has 2 aromatic carbocycles. The smallest absolute Gasteiger partial charge is 0.325 e. The van der Waals surface area contributed by atoms with Crippen molar-refractivity contribution in [3.63, 3.8) is 0 Å². The third-order valence-electron chi connectivity index (χ3n) is 4.21. The fraction of sp³-hybridized carbons (Fsp3) is 0.318. The molecule has 0 aliphatic rings. The van der Waals surface area contributed by atoms with Gasteiger partial charge >= 0.3 is 5.97 Å². The normalized spacial score (nSPS) is 13.5. The molecule has 148 valence electrons. The van der Waals surface area contributed by atoms with Crippen molar-refractivity contribution in [2.75, 3.05) is 0 Å². The van der Waals surface area contributed by atoms with Crippen molar-refractivity contribution >= 4 is 16.0 Å². The monoisotopic (exact) mass is 399 g/mol. The lowest BCUT2D eigenvalue weighted by Gasteiger charge is -2.22. The van der Waals surface area contributed by atoms with E-state index in [1.807, 2.05) is 51.1 Å². The third-order valence-corrected chi connectivity index (χ3v) is 5.70. The summed E-state index contributed by atoms with van der Waals surface area (Å²) in [4.78, 5) is 12.8. The molecule has 6 heteroatoms. The van der Waals surface area contributed by atoms with Crippen LogP contribution in [0.5, 0.6) is 0 Å². The lowest BCUT2D eigenvalue weighted by atomic mass is 10.1. The minimum atomic E-state index is -3.91. The summed E-state index contributed by atoms with van der Waals surface area (Å²) in [7, 11) is -3.91. The van der Waals surface area contributed by atoms with Crippen LogP contribution in [0.4, 0.5) is 0 Å². The van der Waals surface area contributed by atoms with Gasteiger partial charge < -0.3 is 4.74 Å². The fourth-order valence-corrected chi connectivity index (χ4v) is 3.75. The molecule has 0 saturated heterocycles. The molecule has 0 aliphatic carbocycles. The van der Waals surface area contributed by atoms with Crippen LogP contribution in [0.25, 0.3) is 0 Å². The summed E-state index contributed by atoms with van der Waals surface area (Å²) >= 11 is 0. The topological polar surface area (TPSA) is 72.5 Å². The first-order valence-corrected chi connectivity index (χ1v) is 10.5. The van der Waals surface area contributed by atoms with Crippen LogP contribution < -0.4 is 4.72 Å². The summed E-state index contributed by atoms with van der Waals surface area (Å²) in [6, 6.07) is 14.4. The summed E-state index contributed by atoms with van der Waals surface area (Å²) in [5.41, 5.74) is 1.74. The predicted molar refractivity (Wildman–Crippen MR) is 109 cm³/mol. The first-order chi connectivity index (χ1) is 13.2. The quantitative estimate of drug-likeness (QED) is 0.547. The van der Waals surface area contributed by atoms with E-state index in [2.05, 4.69) is 10.6 Å². The van der Waals surface area contributed by atoms with E-state index in [1.54, 1.807) is 12.1 Å². The van der Waals surface area contributed by atoms with Crippen LogP contribution in [-0.4, -0.2) is 26.5 Å². The standard InChI is InChI=1S/C22H25NO4S/c1-5-21(16(2)3)27-22(24)20(15-18-9-7-6-8-10-18)23-28(25,26)19-13-11-17(4)12-14-19/h1,6-14,16,20-21,23H,15H2,2-4H3/t20-,21-/m0/s1. The van der Waals surface area contributed by atoms with Crippen molar-refractivity contribution < 1.29 is 17.9 Å². The zero-order valence-corrected chi connectivity index (χ0v) is 17.1. The molecule has 28 heavy (non-hydrogen) atoms. The van der Waals surface area contributed by atoms with E-state index >= 15 is 0 Å². The molecule has 2 rings (SSSR count). The number of hydrogen-bond acceptors (Lipinski definition) is 4. The Morgan fingerprint density at radius 2 is 1.71 bits per heavy atom. The first kappa shape index (κ1) is 21.7. The minimum Gasteiger partial charge on any atom is -0.448 e. The van der Waals surface area contributed by atoms with Crippen LogP contribution in [0.1, 0.15) is 25.0 Å². The van der Waals surface area contributed by atoms with Gasteiger partial charge in [0.15, 0.2) is 6.10 Å². The van der Waals surface area contributed by atoms with Crippen molar-refractivity contribution in [3.05, 3.63) is 65.7 Å². The second kappa shape index (κ2) is 9.54. The lowest BCUT2D eigenvalue weighted by Crippen LogP contribution is -2.44. The van der Waals surface area contributed by atoms with E-state index in [-0.39, 0.29) is 17.2 Å². The minimum absolute atomic E-state index is 0.0833. The maximum Gasteiger partial charge on any atom is 0.325 e.